The van der Waals surface area contributed by atoms with Gasteiger partial charge in [0.25, 0.3) is 0 Å². The van der Waals surface area contributed by atoms with E-state index in [0.717, 1.165) is 54.7 Å². The second-order valence-electron chi connectivity index (χ2n) is 6.35. The maximum Gasteiger partial charge on any atom is 0.183 e. The summed E-state index contributed by atoms with van der Waals surface area (Å²) in [5, 5.41) is 3.36. The number of aromatic nitrogens is 4. The monoisotopic (exact) mass is 350 g/mol. The summed E-state index contributed by atoms with van der Waals surface area (Å²) >= 11 is 0. The zero-order valence-corrected chi connectivity index (χ0v) is 14.8. The summed E-state index contributed by atoms with van der Waals surface area (Å²) in [6.07, 6.45) is 3.57. The molecule has 1 aliphatic rings. The van der Waals surface area contributed by atoms with Gasteiger partial charge in [-0.3, -0.25) is 0 Å². The molecular weight excluding hydrogens is 328 g/mol. The molecule has 2 N–H and O–H groups in total. The Morgan fingerprint density at radius 3 is 2.81 bits per heavy atom. The van der Waals surface area contributed by atoms with Crippen LogP contribution in [0.1, 0.15) is 12.7 Å². The van der Waals surface area contributed by atoms with Crippen molar-refractivity contribution in [2.45, 2.75) is 6.92 Å². The Hall–Kier alpha value is -2.93. The average Bonchev–Trinajstić information content (AvgIpc) is 3.10. The fourth-order valence-electron chi connectivity index (χ4n) is 3.01. The van der Waals surface area contributed by atoms with Crippen molar-refractivity contribution in [2.75, 3.05) is 37.7 Å². The molecule has 7 heteroatoms. The number of ether oxygens (including phenoxy) is 1. The minimum Gasteiger partial charge on any atom is -0.489 e. The molecule has 0 radical (unpaired) electrons. The van der Waals surface area contributed by atoms with Crippen LogP contribution in [0, 0.1) is 0 Å². The molecule has 0 unspecified atom stereocenters. The van der Waals surface area contributed by atoms with Crippen LogP contribution in [0.3, 0.4) is 0 Å². The lowest BCUT2D eigenvalue weighted by atomic mass is 10.3. The molecule has 0 saturated carbocycles. The van der Waals surface area contributed by atoms with E-state index in [1.807, 2.05) is 43.3 Å². The molecule has 0 amide bonds. The highest BCUT2D eigenvalue weighted by atomic mass is 16.5. The van der Waals surface area contributed by atoms with Gasteiger partial charge in [0.1, 0.15) is 30.0 Å². The molecule has 0 bridgehead atoms. The van der Waals surface area contributed by atoms with Crippen LogP contribution in [0.25, 0.3) is 17.2 Å². The molecule has 4 rings (SSSR count). The summed E-state index contributed by atoms with van der Waals surface area (Å²) in [5.74, 6) is 2.55. The van der Waals surface area contributed by atoms with Gasteiger partial charge in [0, 0.05) is 26.2 Å². The van der Waals surface area contributed by atoms with Gasteiger partial charge in [-0.1, -0.05) is 18.2 Å². The number of hydrogen-bond donors (Lipinski definition) is 2. The SMILES string of the molecule is C/C(=C\c1nc2ncnc(N3CCNCC3)c2[nH]1)COc1ccccc1. The second kappa shape index (κ2) is 7.53. The Bertz CT molecular complexity index is 899. The van der Waals surface area contributed by atoms with Gasteiger partial charge in [0.15, 0.2) is 11.5 Å². The van der Waals surface area contributed by atoms with Gasteiger partial charge < -0.3 is 19.9 Å². The summed E-state index contributed by atoms with van der Waals surface area (Å²) in [6, 6.07) is 9.79. The number of piperazine rings is 1. The Labute approximate surface area is 152 Å². The van der Waals surface area contributed by atoms with Gasteiger partial charge in [0.05, 0.1) is 0 Å². The number of para-hydroxylation sites is 1. The third-order valence-electron chi connectivity index (χ3n) is 4.30. The maximum absolute atomic E-state index is 5.78. The van der Waals surface area contributed by atoms with E-state index in [1.165, 1.54) is 0 Å². The van der Waals surface area contributed by atoms with Crippen LogP contribution in [0.4, 0.5) is 5.82 Å². The first-order chi connectivity index (χ1) is 12.8. The summed E-state index contributed by atoms with van der Waals surface area (Å²) in [5.41, 5.74) is 2.65. The predicted molar refractivity (Wildman–Crippen MR) is 102 cm³/mol. The third-order valence-corrected chi connectivity index (χ3v) is 4.30. The Morgan fingerprint density at radius 2 is 2.00 bits per heavy atom. The van der Waals surface area contributed by atoms with Crippen molar-refractivity contribution in [1.29, 1.82) is 0 Å². The highest BCUT2D eigenvalue weighted by Crippen LogP contribution is 2.22. The van der Waals surface area contributed by atoms with Crippen LogP contribution in [-0.2, 0) is 0 Å². The van der Waals surface area contributed by atoms with E-state index >= 15 is 0 Å². The van der Waals surface area contributed by atoms with Gasteiger partial charge >= 0.3 is 0 Å². The number of hydrogen-bond acceptors (Lipinski definition) is 6. The normalized spacial score (nSPS) is 15.4. The molecule has 1 aromatic carbocycles. The van der Waals surface area contributed by atoms with Crippen LogP contribution in [0.2, 0.25) is 0 Å². The summed E-state index contributed by atoms with van der Waals surface area (Å²) in [7, 11) is 0. The lowest BCUT2D eigenvalue weighted by Gasteiger charge is -2.28. The number of fused-ring (bicyclic) bond motifs is 1. The first-order valence-corrected chi connectivity index (χ1v) is 8.81. The van der Waals surface area contributed by atoms with E-state index < -0.39 is 0 Å². The number of imidazole rings is 1. The lowest BCUT2D eigenvalue weighted by molar-refractivity contribution is 0.353. The van der Waals surface area contributed by atoms with Gasteiger partial charge in [0.2, 0.25) is 0 Å². The first-order valence-electron chi connectivity index (χ1n) is 8.81. The van der Waals surface area contributed by atoms with E-state index in [1.54, 1.807) is 6.33 Å². The first kappa shape index (κ1) is 16.5. The second-order valence-corrected chi connectivity index (χ2v) is 6.35. The molecule has 26 heavy (non-hydrogen) atoms. The van der Waals surface area contributed by atoms with Crippen molar-refractivity contribution in [3.8, 4) is 5.75 Å². The van der Waals surface area contributed by atoms with Crippen LogP contribution in [0.15, 0.2) is 42.2 Å². The van der Waals surface area contributed by atoms with E-state index in [9.17, 15) is 0 Å². The van der Waals surface area contributed by atoms with E-state index in [-0.39, 0.29) is 0 Å². The Balaban J connectivity index is 1.53. The van der Waals surface area contributed by atoms with Gasteiger partial charge in [-0.15, -0.1) is 0 Å². The molecule has 0 spiro atoms. The number of nitrogens with zero attached hydrogens (tertiary/aromatic N) is 4. The van der Waals surface area contributed by atoms with Crippen molar-refractivity contribution in [3.63, 3.8) is 0 Å². The number of H-pyrrole nitrogens is 1. The number of benzene rings is 1. The van der Waals surface area contributed by atoms with Crippen molar-refractivity contribution in [2.24, 2.45) is 0 Å². The molecule has 3 aromatic rings. The molecule has 0 aliphatic carbocycles. The number of aromatic amines is 1. The molecule has 2 aromatic heterocycles. The van der Waals surface area contributed by atoms with Gasteiger partial charge in [-0.05, 0) is 30.7 Å². The number of anilines is 1. The third kappa shape index (κ3) is 3.67. The quantitative estimate of drug-likeness (QED) is 0.735. The van der Waals surface area contributed by atoms with Crippen molar-refractivity contribution in [3.05, 3.63) is 48.1 Å². The van der Waals surface area contributed by atoms with Crippen LogP contribution < -0.4 is 15.0 Å². The molecular formula is C19H22N6O. The van der Waals surface area contributed by atoms with Crippen LogP contribution >= 0.6 is 0 Å². The molecule has 0 atom stereocenters. The zero-order valence-electron chi connectivity index (χ0n) is 14.8. The summed E-state index contributed by atoms with van der Waals surface area (Å²) in [6.45, 7) is 6.32. The van der Waals surface area contributed by atoms with Gasteiger partial charge in [-0.25, -0.2) is 15.0 Å². The fraction of sp³-hybridized carbons (Fsp3) is 0.316. The van der Waals surface area contributed by atoms with E-state index in [0.29, 0.717) is 12.3 Å². The minimum atomic E-state index is 0.511. The number of nitrogens with one attached hydrogen (secondary N) is 2. The largest absolute Gasteiger partial charge is 0.489 e. The topological polar surface area (TPSA) is 79.0 Å². The predicted octanol–water partition coefficient (Wildman–Crippen LogP) is 2.24. The standard InChI is InChI=1S/C19H22N6O/c1-14(12-26-15-5-3-2-4-6-15)11-16-23-17-18(24-16)21-13-22-19(17)25-9-7-20-8-10-25/h2-6,11,13,20H,7-10,12H2,1H3,(H,21,22,23,24)/b14-11+. The van der Waals surface area contributed by atoms with Crippen molar-refractivity contribution < 1.29 is 4.74 Å². The zero-order chi connectivity index (χ0) is 17.8. The lowest BCUT2D eigenvalue weighted by Crippen LogP contribution is -2.44. The summed E-state index contributed by atoms with van der Waals surface area (Å²) in [4.78, 5) is 19.0. The minimum absolute atomic E-state index is 0.511. The molecule has 1 fully saturated rings. The van der Waals surface area contributed by atoms with E-state index in [4.69, 9.17) is 4.74 Å². The molecule has 7 nitrogen and oxygen atoms in total. The maximum atomic E-state index is 5.78. The average molecular weight is 350 g/mol. The fourth-order valence-corrected chi connectivity index (χ4v) is 3.01. The molecule has 1 saturated heterocycles. The van der Waals surface area contributed by atoms with Gasteiger partial charge in [-0.2, -0.15) is 0 Å². The van der Waals surface area contributed by atoms with Crippen LogP contribution in [-0.4, -0.2) is 52.7 Å². The smallest absolute Gasteiger partial charge is 0.183 e. The van der Waals surface area contributed by atoms with Crippen LogP contribution in [0.5, 0.6) is 5.75 Å². The van der Waals surface area contributed by atoms with E-state index in [2.05, 4.69) is 30.2 Å². The Morgan fingerprint density at radius 1 is 1.19 bits per heavy atom. The van der Waals surface area contributed by atoms with Crippen molar-refractivity contribution in [1.82, 2.24) is 25.3 Å². The molecule has 1 aliphatic heterocycles. The highest BCUT2D eigenvalue weighted by molar-refractivity contribution is 5.84. The molecule has 134 valence electrons. The Kier molecular flexibility index (Phi) is 4.79. The van der Waals surface area contributed by atoms with Crippen molar-refractivity contribution >= 4 is 23.1 Å². The highest BCUT2D eigenvalue weighted by Gasteiger charge is 2.17. The summed E-state index contributed by atoms with van der Waals surface area (Å²) < 4.78 is 5.78. The molecule has 3 heterocycles. The number of rotatable bonds is 5.